The normalized spacial score (nSPS) is 11.0. The highest BCUT2D eigenvalue weighted by Gasteiger charge is 2.29. The minimum atomic E-state index is -0.979. The van der Waals surface area contributed by atoms with E-state index in [1.165, 1.54) is 0 Å². The van der Waals surface area contributed by atoms with Crippen molar-refractivity contribution in [3.05, 3.63) is 59.7 Å². The van der Waals surface area contributed by atoms with E-state index in [9.17, 15) is 14.7 Å². The standard InChI is InChI=1S/C20H23NO4/c1-4-12-25-17-7-5-6-14(13-17)18(22)21-16-10-8-15(9-11-16)20(2,3)19(23)24/h5-11,13H,4,12H2,1-3H3,(H,21,22)(H,23,24). The van der Waals surface area contributed by atoms with Crippen LogP contribution in [0.2, 0.25) is 0 Å². The van der Waals surface area contributed by atoms with Gasteiger partial charge in [-0.1, -0.05) is 25.1 Å². The summed E-state index contributed by atoms with van der Waals surface area (Å²) in [6.07, 6.45) is 0.898. The molecule has 0 spiro atoms. The molecule has 2 N–H and O–H groups in total. The van der Waals surface area contributed by atoms with Crippen LogP contribution in [0.15, 0.2) is 48.5 Å². The van der Waals surface area contributed by atoms with Gasteiger partial charge in [0, 0.05) is 11.3 Å². The van der Waals surface area contributed by atoms with Gasteiger partial charge in [-0.2, -0.15) is 0 Å². The van der Waals surface area contributed by atoms with Gasteiger partial charge in [0.25, 0.3) is 5.91 Å². The van der Waals surface area contributed by atoms with Crippen LogP contribution in [0.1, 0.15) is 43.1 Å². The van der Waals surface area contributed by atoms with Crippen molar-refractivity contribution in [2.45, 2.75) is 32.6 Å². The van der Waals surface area contributed by atoms with Crippen LogP contribution in [-0.4, -0.2) is 23.6 Å². The molecule has 25 heavy (non-hydrogen) atoms. The van der Waals surface area contributed by atoms with E-state index in [4.69, 9.17) is 4.74 Å². The van der Waals surface area contributed by atoms with Crippen molar-refractivity contribution in [1.82, 2.24) is 0 Å². The van der Waals surface area contributed by atoms with Crippen molar-refractivity contribution >= 4 is 17.6 Å². The minimum Gasteiger partial charge on any atom is -0.494 e. The molecule has 0 bridgehead atoms. The van der Waals surface area contributed by atoms with E-state index in [0.717, 1.165) is 6.42 Å². The van der Waals surface area contributed by atoms with E-state index in [0.29, 0.717) is 29.2 Å². The summed E-state index contributed by atoms with van der Waals surface area (Å²) < 4.78 is 5.54. The molecule has 0 saturated carbocycles. The summed E-state index contributed by atoms with van der Waals surface area (Å²) in [5.41, 5.74) is 0.805. The van der Waals surface area contributed by atoms with Gasteiger partial charge in [0.2, 0.25) is 0 Å². The van der Waals surface area contributed by atoms with Gasteiger partial charge >= 0.3 is 5.97 Å². The second-order valence-corrected chi connectivity index (χ2v) is 6.34. The zero-order valence-electron chi connectivity index (χ0n) is 14.7. The van der Waals surface area contributed by atoms with Crippen LogP contribution in [-0.2, 0) is 10.2 Å². The monoisotopic (exact) mass is 341 g/mol. The number of carbonyl (C=O) groups is 2. The highest BCUT2D eigenvalue weighted by molar-refractivity contribution is 6.04. The van der Waals surface area contributed by atoms with Gasteiger partial charge < -0.3 is 15.2 Å². The van der Waals surface area contributed by atoms with E-state index < -0.39 is 11.4 Å². The van der Waals surface area contributed by atoms with Crippen LogP contribution in [0.4, 0.5) is 5.69 Å². The van der Waals surface area contributed by atoms with Gasteiger partial charge in [0.05, 0.1) is 12.0 Å². The van der Waals surface area contributed by atoms with Crippen molar-refractivity contribution in [1.29, 1.82) is 0 Å². The Hall–Kier alpha value is -2.82. The third kappa shape index (κ3) is 4.59. The first-order valence-electron chi connectivity index (χ1n) is 8.22. The molecular weight excluding hydrogens is 318 g/mol. The second kappa shape index (κ2) is 7.83. The Morgan fingerprint density at radius 1 is 1.12 bits per heavy atom. The summed E-state index contributed by atoms with van der Waals surface area (Å²) in [4.78, 5) is 23.7. The first-order valence-corrected chi connectivity index (χ1v) is 8.22. The van der Waals surface area contributed by atoms with Gasteiger partial charge in [-0.05, 0) is 56.2 Å². The van der Waals surface area contributed by atoms with Crippen molar-refractivity contribution in [3.8, 4) is 5.75 Å². The SMILES string of the molecule is CCCOc1cccc(C(=O)Nc2ccc(C(C)(C)C(=O)O)cc2)c1. The van der Waals surface area contributed by atoms with Gasteiger partial charge in [0.1, 0.15) is 5.75 Å². The number of ether oxygens (including phenoxy) is 1. The van der Waals surface area contributed by atoms with Crippen molar-refractivity contribution in [2.75, 3.05) is 11.9 Å². The predicted molar refractivity (Wildman–Crippen MR) is 97.3 cm³/mol. The van der Waals surface area contributed by atoms with Gasteiger partial charge in [-0.25, -0.2) is 0 Å². The van der Waals surface area contributed by atoms with Crippen LogP contribution in [0.3, 0.4) is 0 Å². The molecule has 2 aromatic carbocycles. The summed E-state index contributed by atoms with van der Waals surface area (Å²) in [7, 11) is 0. The molecule has 0 unspecified atom stereocenters. The number of carbonyl (C=O) groups excluding carboxylic acids is 1. The lowest BCUT2D eigenvalue weighted by molar-refractivity contribution is -0.142. The number of aliphatic carboxylic acids is 1. The number of benzene rings is 2. The lowest BCUT2D eigenvalue weighted by atomic mass is 9.85. The van der Waals surface area contributed by atoms with Gasteiger partial charge in [-0.3, -0.25) is 9.59 Å². The molecule has 0 aromatic heterocycles. The Morgan fingerprint density at radius 2 is 1.80 bits per heavy atom. The number of anilines is 1. The number of hydrogen-bond acceptors (Lipinski definition) is 3. The molecule has 0 heterocycles. The minimum absolute atomic E-state index is 0.243. The number of carboxylic acid groups (broad SMARTS) is 1. The summed E-state index contributed by atoms with van der Waals surface area (Å²) in [6.45, 7) is 5.91. The molecular formula is C20H23NO4. The summed E-state index contributed by atoms with van der Waals surface area (Å²) in [5, 5.41) is 12.1. The lowest BCUT2D eigenvalue weighted by Crippen LogP contribution is -2.28. The third-order valence-corrected chi connectivity index (χ3v) is 3.97. The fourth-order valence-electron chi connectivity index (χ4n) is 2.24. The van der Waals surface area contributed by atoms with Crippen LogP contribution < -0.4 is 10.1 Å². The van der Waals surface area contributed by atoms with Crippen molar-refractivity contribution < 1.29 is 19.4 Å². The average Bonchev–Trinajstić information content (AvgIpc) is 2.60. The zero-order valence-corrected chi connectivity index (χ0v) is 14.7. The highest BCUT2D eigenvalue weighted by atomic mass is 16.5. The number of rotatable bonds is 7. The maximum atomic E-state index is 12.4. The molecule has 0 atom stereocenters. The van der Waals surface area contributed by atoms with E-state index in [-0.39, 0.29) is 5.91 Å². The largest absolute Gasteiger partial charge is 0.494 e. The zero-order chi connectivity index (χ0) is 18.4. The van der Waals surface area contributed by atoms with Gasteiger partial charge in [0.15, 0.2) is 0 Å². The fraction of sp³-hybridized carbons (Fsp3) is 0.300. The van der Waals surface area contributed by atoms with E-state index in [1.54, 1.807) is 56.3 Å². The van der Waals surface area contributed by atoms with Gasteiger partial charge in [-0.15, -0.1) is 0 Å². The van der Waals surface area contributed by atoms with Crippen LogP contribution in [0.5, 0.6) is 5.75 Å². The fourth-order valence-corrected chi connectivity index (χ4v) is 2.24. The Morgan fingerprint density at radius 3 is 2.40 bits per heavy atom. The molecule has 0 fully saturated rings. The molecule has 0 aliphatic rings. The first-order chi connectivity index (χ1) is 11.8. The maximum absolute atomic E-state index is 12.4. The summed E-state index contributed by atoms with van der Waals surface area (Å²) >= 11 is 0. The predicted octanol–water partition coefficient (Wildman–Crippen LogP) is 4.09. The van der Waals surface area contributed by atoms with Crippen molar-refractivity contribution in [3.63, 3.8) is 0 Å². The smallest absolute Gasteiger partial charge is 0.313 e. The number of nitrogens with one attached hydrogen (secondary N) is 1. The highest BCUT2D eigenvalue weighted by Crippen LogP contribution is 2.25. The molecule has 0 aliphatic carbocycles. The summed E-state index contributed by atoms with van der Waals surface area (Å²) in [6, 6.07) is 13.8. The second-order valence-electron chi connectivity index (χ2n) is 6.34. The maximum Gasteiger partial charge on any atom is 0.313 e. The first kappa shape index (κ1) is 18.5. The molecule has 0 aliphatic heterocycles. The number of amides is 1. The van der Waals surface area contributed by atoms with E-state index in [2.05, 4.69) is 5.32 Å². The third-order valence-electron chi connectivity index (χ3n) is 3.97. The number of hydrogen-bond donors (Lipinski definition) is 2. The molecule has 5 nitrogen and oxygen atoms in total. The molecule has 1 amide bonds. The Bertz CT molecular complexity index is 751. The average molecular weight is 341 g/mol. The molecule has 2 rings (SSSR count). The summed E-state index contributed by atoms with van der Waals surface area (Å²) in [5.74, 6) is -0.478. The van der Waals surface area contributed by atoms with Crippen LogP contribution >= 0.6 is 0 Å². The topological polar surface area (TPSA) is 75.6 Å². The Labute approximate surface area is 147 Å². The molecule has 132 valence electrons. The lowest BCUT2D eigenvalue weighted by Gasteiger charge is -2.19. The quantitative estimate of drug-likeness (QED) is 0.795. The Balaban J connectivity index is 2.09. The van der Waals surface area contributed by atoms with Crippen molar-refractivity contribution in [2.24, 2.45) is 0 Å². The number of carboxylic acids is 1. The van der Waals surface area contributed by atoms with E-state index in [1.807, 2.05) is 13.0 Å². The molecule has 0 radical (unpaired) electrons. The van der Waals surface area contributed by atoms with E-state index >= 15 is 0 Å². The molecule has 2 aromatic rings. The van der Waals surface area contributed by atoms with Crippen LogP contribution in [0.25, 0.3) is 0 Å². The Kier molecular flexibility index (Phi) is 5.80. The molecule has 5 heteroatoms. The van der Waals surface area contributed by atoms with Crippen LogP contribution in [0, 0.1) is 0 Å². The molecule has 0 saturated heterocycles.